The lowest BCUT2D eigenvalue weighted by atomic mass is 10.1. The Bertz CT molecular complexity index is 1200. The molecule has 1 aliphatic rings. The predicted molar refractivity (Wildman–Crippen MR) is 108 cm³/mol. The highest BCUT2D eigenvalue weighted by atomic mass is 16.5. The molecule has 30 heavy (non-hydrogen) atoms. The monoisotopic (exact) mass is 411 g/mol. The molecule has 1 saturated heterocycles. The molecule has 0 radical (unpaired) electrons. The zero-order chi connectivity index (χ0) is 21.3. The first-order chi connectivity index (χ1) is 14.4. The second-order valence-electron chi connectivity index (χ2n) is 7.16. The van der Waals surface area contributed by atoms with Crippen molar-refractivity contribution < 1.29 is 23.1 Å². The van der Waals surface area contributed by atoms with Gasteiger partial charge in [0.1, 0.15) is 23.2 Å². The fraction of sp³-hybridized carbons (Fsp3) is 0.318. The number of nitrogens with zero attached hydrogens (tertiary/aromatic N) is 1. The number of fused-ring (bicyclic) bond motifs is 1. The molecule has 156 valence electrons. The van der Waals surface area contributed by atoms with Gasteiger partial charge in [0.25, 0.3) is 5.91 Å². The van der Waals surface area contributed by atoms with Gasteiger partial charge in [-0.15, -0.1) is 0 Å². The van der Waals surface area contributed by atoms with Crippen LogP contribution < -0.4 is 20.7 Å². The minimum absolute atomic E-state index is 0.00795. The number of ether oxygens (including phenoxy) is 2. The first-order valence-electron chi connectivity index (χ1n) is 9.63. The molecule has 0 unspecified atom stereocenters. The molecule has 0 atom stereocenters. The number of rotatable bonds is 4. The average molecular weight is 411 g/mol. The van der Waals surface area contributed by atoms with E-state index in [1.54, 1.807) is 42.2 Å². The van der Waals surface area contributed by atoms with Gasteiger partial charge in [-0.25, -0.2) is 9.59 Å². The van der Waals surface area contributed by atoms with Gasteiger partial charge >= 0.3 is 11.3 Å². The number of benzene rings is 1. The van der Waals surface area contributed by atoms with Gasteiger partial charge in [-0.3, -0.25) is 4.79 Å². The van der Waals surface area contributed by atoms with Crippen LogP contribution in [0.3, 0.4) is 0 Å². The summed E-state index contributed by atoms with van der Waals surface area (Å²) in [5.74, 6) is 0.997. The van der Waals surface area contributed by atoms with Crippen molar-refractivity contribution in [2.45, 2.75) is 25.9 Å². The third-order valence-electron chi connectivity index (χ3n) is 5.07. The van der Waals surface area contributed by atoms with Crippen LogP contribution in [0.25, 0.3) is 11.0 Å². The van der Waals surface area contributed by atoms with Crippen molar-refractivity contribution in [3.05, 3.63) is 68.6 Å². The molecule has 0 spiro atoms. The summed E-state index contributed by atoms with van der Waals surface area (Å²) in [5, 5.41) is 0.619. The van der Waals surface area contributed by atoms with E-state index in [0.29, 0.717) is 54.2 Å². The largest absolute Gasteiger partial charge is 0.493 e. The van der Waals surface area contributed by atoms with Crippen molar-refractivity contribution in [1.82, 2.24) is 4.90 Å². The molecular formula is C22H21NO7. The molecule has 8 nitrogen and oxygen atoms in total. The molecule has 1 aromatic carbocycles. The SMILES string of the molecule is COc1cccc2cc(C(=O)N3CCC(Oc4cc(C)oc(=O)c4)CC3)c(=O)oc12. The van der Waals surface area contributed by atoms with Crippen molar-refractivity contribution in [1.29, 1.82) is 0 Å². The van der Waals surface area contributed by atoms with Gasteiger partial charge in [0.2, 0.25) is 0 Å². The molecule has 0 aliphatic carbocycles. The molecule has 1 aliphatic heterocycles. The van der Waals surface area contributed by atoms with E-state index in [0.717, 1.165) is 0 Å². The van der Waals surface area contributed by atoms with E-state index in [9.17, 15) is 14.4 Å². The average Bonchev–Trinajstić information content (AvgIpc) is 2.72. The summed E-state index contributed by atoms with van der Waals surface area (Å²) in [5.41, 5.74) is -0.846. The maximum Gasteiger partial charge on any atom is 0.349 e. The van der Waals surface area contributed by atoms with Gasteiger partial charge in [0.05, 0.1) is 13.2 Å². The smallest absolute Gasteiger partial charge is 0.349 e. The van der Waals surface area contributed by atoms with Gasteiger partial charge in [-0.1, -0.05) is 12.1 Å². The summed E-state index contributed by atoms with van der Waals surface area (Å²) < 4.78 is 21.4. The summed E-state index contributed by atoms with van der Waals surface area (Å²) in [6, 6.07) is 9.73. The van der Waals surface area contributed by atoms with Gasteiger partial charge in [0.15, 0.2) is 11.3 Å². The Morgan fingerprint density at radius 2 is 1.87 bits per heavy atom. The number of hydrogen-bond acceptors (Lipinski definition) is 7. The van der Waals surface area contributed by atoms with Crippen molar-refractivity contribution in [3.8, 4) is 11.5 Å². The van der Waals surface area contributed by atoms with Gasteiger partial charge in [0, 0.05) is 37.4 Å². The van der Waals surface area contributed by atoms with Crippen LogP contribution in [0.5, 0.6) is 11.5 Å². The number of piperidine rings is 1. The van der Waals surface area contributed by atoms with Crippen LogP contribution in [0, 0.1) is 6.92 Å². The zero-order valence-corrected chi connectivity index (χ0v) is 16.7. The van der Waals surface area contributed by atoms with E-state index in [2.05, 4.69) is 0 Å². The number of amides is 1. The Morgan fingerprint density at radius 1 is 1.10 bits per heavy atom. The molecule has 0 N–H and O–H groups in total. The first-order valence-corrected chi connectivity index (χ1v) is 9.63. The molecule has 4 rings (SSSR count). The lowest BCUT2D eigenvalue weighted by Crippen LogP contribution is -2.43. The maximum atomic E-state index is 12.9. The highest BCUT2D eigenvalue weighted by Gasteiger charge is 2.27. The lowest BCUT2D eigenvalue weighted by molar-refractivity contribution is 0.0591. The Labute approximate surface area is 171 Å². The molecule has 1 fully saturated rings. The summed E-state index contributed by atoms with van der Waals surface area (Å²) in [4.78, 5) is 38.4. The molecular weight excluding hydrogens is 390 g/mol. The number of carbonyl (C=O) groups excluding carboxylic acids is 1. The highest BCUT2D eigenvalue weighted by Crippen LogP contribution is 2.25. The second-order valence-corrected chi connectivity index (χ2v) is 7.16. The number of methoxy groups -OCH3 is 1. The maximum absolute atomic E-state index is 12.9. The number of aryl methyl sites for hydroxylation is 1. The minimum Gasteiger partial charge on any atom is -0.493 e. The van der Waals surface area contributed by atoms with Crippen LogP contribution in [-0.2, 0) is 0 Å². The first kappa shape index (κ1) is 19.8. The Morgan fingerprint density at radius 3 is 2.57 bits per heavy atom. The third kappa shape index (κ3) is 3.94. The predicted octanol–water partition coefficient (Wildman–Crippen LogP) is 2.75. The number of para-hydroxylation sites is 1. The van der Waals surface area contributed by atoms with Gasteiger partial charge in [-0.2, -0.15) is 0 Å². The minimum atomic E-state index is -0.693. The van der Waals surface area contributed by atoms with Gasteiger partial charge in [-0.05, 0) is 19.1 Å². The third-order valence-corrected chi connectivity index (χ3v) is 5.07. The standard InChI is InChI=1S/C22H21NO7/c1-13-10-16(12-19(24)28-13)29-15-6-8-23(9-7-15)21(25)17-11-14-4-3-5-18(27-2)20(14)30-22(17)26/h3-5,10-12,15H,6-9H2,1-2H3. The molecule has 0 bridgehead atoms. The van der Waals surface area contributed by atoms with Gasteiger partial charge < -0.3 is 23.2 Å². The summed E-state index contributed by atoms with van der Waals surface area (Å²) in [7, 11) is 1.49. The fourth-order valence-corrected chi connectivity index (χ4v) is 3.61. The van der Waals surface area contributed by atoms with Crippen LogP contribution in [-0.4, -0.2) is 37.1 Å². The van der Waals surface area contributed by atoms with E-state index in [1.165, 1.54) is 13.2 Å². The number of hydrogen-bond donors (Lipinski definition) is 0. The summed E-state index contributed by atoms with van der Waals surface area (Å²) in [6.45, 7) is 2.54. The van der Waals surface area contributed by atoms with E-state index in [4.69, 9.17) is 18.3 Å². The lowest BCUT2D eigenvalue weighted by Gasteiger charge is -2.32. The Hall–Kier alpha value is -3.55. The van der Waals surface area contributed by atoms with Crippen molar-refractivity contribution >= 4 is 16.9 Å². The number of likely N-dealkylation sites (tertiary alicyclic amines) is 1. The summed E-state index contributed by atoms with van der Waals surface area (Å²) >= 11 is 0. The second kappa shape index (κ2) is 8.06. The summed E-state index contributed by atoms with van der Waals surface area (Å²) in [6.07, 6.45) is 1.03. The van der Waals surface area contributed by atoms with Crippen LogP contribution in [0.2, 0.25) is 0 Å². The van der Waals surface area contributed by atoms with E-state index < -0.39 is 11.3 Å². The molecule has 8 heteroatoms. The molecule has 0 saturated carbocycles. The molecule has 3 aromatic rings. The van der Waals surface area contributed by atoms with Crippen molar-refractivity contribution in [2.75, 3.05) is 20.2 Å². The topological polar surface area (TPSA) is 99.2 Å². The molecule has 1 amide bonds. The Kier molecular flexibility index (Phi) is 5.31. The quantitative estimate of drug-likeness (QED) is 0.609. The fourth-order valence-electron chi connectivity index (χ4n) is 3.61. The van der Waals surface area contributed by atoms with E-state index in [1.807, 2.05) is 0 Å². The molecule has 3 heterocycles. The van der Waals surface area contributed by atoms with Crippen LogP contribution >= 0.6 is 0 Å². The highest BCUT2D eigenvalue weighted by molar-refractivity contribution is 5.97. The van der Waals surface area contributed by atoms with Crippen molar-refractivity contribution in [2.24, 2.45) is 0 Å². The number of carbonyl (C=O) groups is 1. The van der Waals surface area contributed by atoms with Crippen LogP contribution in [0.15, 0.2) is 54.8 Å². The van der Waals surface area contributed by atoms with E-state index in [-0.39, 0.29) is 17.6 Å². The normalized spacial score (nSPS) is 14.7. The van der Waals surface area contributed by atoms with E-state index >= 15 is 0 Å². The molecule has 2 aromatic heterocycles. The van der Waals surface area contributed by atoms with Crippen LogP contribution in [0.1, 0.15) is 29.0 Å². The Balaban J connectivity index is 1.47. The van der Waals surface area contributed by atoms with Crippen molar-refractivity contribution in [3.63, 3.8) is 0 Å². The van der Waals surface area contributed by atoms with Crippen LogP contribution in [0.4, 0.5) is 0 Å². The zero-order valence-electron chi connectivity index (χ0n) is 16.7.